The fraction of sp³-hybridized carbons (Fsp3) is 0.111. The van der Waals surface area contributed by atoms with Gasteiger partial charge in [0.05, 0.1) is 16.6 Å². The van der Waals surface area contributed by atoms with Crippen LogP contribution in [0.1, 0.15) is 21.6 Å². The Bertz CT molecular complexity index is 976. The third-order valence-electron chi connectivity index (χ3n) is 3.76. The summed E-state index contributed by atoms with van der Waals surface area (Å²) in [4.78, 5) is 15.6. The first-order valence-corrected chi connectivity index (χ1v) is 7.08. The van der Waals surface area contributed by atoms with Crippen molar-refractivity contribution in [2.24, 2.45) is 0 Å². The molecule has 3 nitrogen and oxygen atoms in total. The average molecular weight is 331 g/mol. The maximum absolute atomic E-state index is 14.2. The second-order valence-corrected chi connectivity index (χ2v) is 5.55. The monoisotopic (exact) mass is 331 g/mol. The topological polar surface area (TPSA) is 50.2 Å². The molecular formula is C18H12F3NO2. The van der Waals surface area contributed by atoms with Gasteiger partial charge in [-0.15, -0.1) is 0 Å². The predicted molar refractivity (Wildman–Crippen MR) is 83.5 cm³/mol. The highest BCUT2D eigenvalue weighted by Crippen LogP contribution is 2.34. The van der Waals surface area contributed by atoms with Gasteiger partial charge in [-0.05, 0) is 43.2 Å². The summed E-state index contributed by atoms with van der Waals surface area (Å²) < 4.78 is 41.6. The Labute approximate surface area is 135 Å². The summed E-state index contributed by atoms with van der Waals surface area (Å²) in [7, 11) is 0. The van der Waals surface area contributed by atoms with Crippen molar-refractivity contribution in [3.05, 3.63) is 64.6 Å². The zero-order chi connectivity index (χ0) is 17.6. The number of hydrogen-bond donors (Lipinski definition) is 1. The number of fused-ring (bicyclic) bond motifs is 1. The molecule has 0 radical (unpaired) electrons. The summed E-state index contributed by atoms with van der Waals surface area (Å²) >= 11 is 0. The van der Waals surface area contributed by atoms with Crippen LogP contribution in [-0.2, 0) is 0 Å². The van der Waals surface area contributed by atoms with Gasteiger partial charge in [0.2, 0.25) is 0 Å². The average Bonchev–Trinajstić information content (AvgIpc) is 2.46. The van der Waals surface area contributed by atoms with Crippen molar-refractivity contribution in [3.63, 3.8) is 0 Å². The molecule has 122 valence electrons. The SMILES string of the molecule is Cc1cc(-c2c(F)cc(F)cc2F)c2cc(C(=O)O)cc(C)c2n1. The second-order valence-electron chi connectivity index (χ2n) is 5.55. The first-order chi connectivity index (χ1) is 11.3. The van der Waals surface area contributed by atoms with Gasteiger partial charge in [-0.2, -0.15) is 0 Å². The Hall–Kier alpha value is -2.89. The maximum atomic E-state index is 14.2. The van der Waals surface area contributed by atoms with E-state index >= 15 is 0 Å². The van der Waals surface area contributed by atoms with Gasteiger partial charge in [-0.25, -0.2) is 18.0 Å². The number of hydrogen-bond acceptors (Lipinski definition) is 2. The van der Waals surface area contributed by atoms with Crippen LogP contribution in [0.2, 0.25) is 0 Å². The molecule has 1 heterocycles. The van der Waals surface area contributed by atoms with E-state index in [9.17, 15) is 23.1 Å². The third kappa shape index (κ3) is 2.60. The highest BCUT2D eigenvalue weighted by molar-refractivity contribution is 6.01. The van der Waals surface area contributed by atoms with Crippen molar-refractivity contribution in [2.45, 2.75) is 13.8 Å². The van der Waals surface area contributed by atoms with Crippen LogP contribution in [0.4, 0.5) is 13.2 Å². The molecule has 6 heteroatoms. The minimum atomic E-state index is -1.16. The largest absolute Gasteiger partial charge is 0.478 e. The quantitative estimate of drug-likeness (QED) is 0.744. The Morgan fingerprint density at radius 3 is 2.21 bits per heavy atom. The van der Waals surface area contributed by atoms with Crippen molar-refractivity contribution >= 4 is 16.9 Å². The van der Waals surface area contributed by atoms with E-state index in [1.807, 2.05) is 0 Å². The molecule has 0 aliphatic rings. The first-order valence-electron chi connectivity index (χ1n) is 7.08. The van der Waals surface area contributed by atoms with Crippen LogP contribution in [0.15, 0.2) is 30.3 Å². The molecule has 0 bridgehead atoms. The van der Waals surface area contributed by atoms with Crippen LogP contribution < -0.4 is 0 Å². The number of benzene rings is 2. The van der Waals surface area contributed by atoms with Crippen LogP contribution >= 0.6 is 0 Å². The molecule has 2 aromatic carbocycles. The molecule has 0 unspecified atom stereocenters. The first kappa shape index (κ1) is 16.0. The molecule has 0 aliphatic carbocycles. The normalized spacial score (nSPS) is 11.0. The molecule has 0 saturated heterocycles. The maximum Gasteiger partial charge on any atom is 0.335 e. The Morgan fingerprint density at radius 1 is 1.00 bits per heavy atom. The number of aryl methyl sites for hydroxylation is 2. The van der Waals surface area contributed by atoms with Gasteiger partial charge >= 0.3 is 5.97 Å². The van der Waals surface area contributed by atoms with Gasteiger partial charge in [0.1, 0.15) is 17.5 Å². The van der Waals surface area contributed by atoms with Gasteiger partial charge in [0, 0.05) is 23.2 Å². The summed E-state index contributed by atoms with van der Waals surface area (Å²) in [6.07, 6.45) is 0. The fourth-order valence-electron chi connectivity index (χ4n) is 2.76. The minimum Gasteiger partial charge on any atom is -0.478 e. The third-order valence-corrected chi connectivity index (χ3v) is 3.76. The molecular weight excluding hydrogens is 319 g/mol. The number of carboxylic acids is 1. The van der Waals surface area contributed by atoms with Crippen LogP contribution in [0, 0.1) is 31.3 Å². The van der Waals surface area contributed by atoms with E-state index in [1.165, 1.54) is 18.2 Å². The van der Waals surface area contributed by atoms with E-state index in [-0.39, 0.29) is 11.1 Å². The lowest BCUT2D eigenvalue weighted by Crippen LogP contribution is -2.01. The summed E-state index contributed by atoms with van der Waals surface area (Å²) in [5, 5.41) is 9.51. The van der Waals surface area contributed by atoms with Gasteiger partial charge in [-0.1, -0.05) is 0 Å². The van der Waals surface area contributed by atoms with E-state index in [4.69, 9.17) is 0 Å². The smallest absolute Gasteiger partial charge is 0.335 e. The zero-order valence-corrected chi connectivity index (χ0v) is 12.8. The number of halogens is 3. The Kier molecular flexibility index (Phi) is 3.75. The van der Waals surface area contributed by atoms with Crippen LogP contribution in [0.25, 0.3) is 22.0 Å². The molecule has 0 fully saturated rings. The van der Waals surface area contributed by atoms with Crippen molar-refractivity contribution in [2.75, 3.05) is 0 Å². The number of aromatic nitrogens is 1. The highest BCUT2D eigenvalue weighted by Gasteiger charge is 2.19. The van der Waals surface area contributed by atoms with E-state index in [0.717, 1.165) is 0 Å². The molecule has 24 heavy (non-hydrogen) atoms. The summed E-state index contributed by atoms with van der Waals surface area (Å²) in [5.74, 6) is -4.30. The van der Waals surface area contributed by atoms with Gasteiger partial charge < -0.3 is 5.11 Å². The molecule has 0 atom stereocenters. The van der Waals surface area contributed by atoms with Crippen molar-refractivity contribution in [1.29, 1.82) is 0 Å². The lowest BCUT2D eigenvalue weighted by molar-refractivity contribution is 0.0697. The molecule has 3 rings (SSSR count). The standard InChI is InChI=1S/C18H12F3NO2/c1-8-3-10(18(23)24)5-13-12(4-9(2)22-17(8)13)16-14(20)6-11(19)7-15(16)21/h3-7H,1-2H3,(H,23,24). The van der Waals surface area contributed by atoms with Gasteiger partial charge in [0.15, 0.2) is 0 Å². The summed E-state index contributed by atoms with van der Waals surface area (Å²) in [6, 6.07) is 5.39. The van der Waals surface area contributed by atoms with Crippen LogP contribution in [0.5, 0.6) is 0 Å². The molecule has 0 amide bonds. The number of nitrogens with zero attached hydrogens (tertiary/aromatic N) is 1. The number of carbonyl (C=O) groups is 1. The summed E-state index contributed by atoms with van der Waals surface area (Å²) in [5.41, 5.74) is 1.23. The second kappa shape index (κ2) is 5.63. The molecule has 1 aromatic heterocycles. The van der Waals surface area contributed by atoms with E-state index in [2.05, 4.69) is 4.98 Å². The number of aromatic carboxylic acids is 1. The predicted octanol–water partition coefficient (Wildman–Crippen LogP) is 4.63. The summed E-state index contributed by atoms with van der Waals surface area (Å²) in [6.45, 7) is 3.33. The van der Waals surface area contributed by atoms with Crippen molar-refractivity contribution in [1.82, 2.24) is 4.98 Å². The van der Waals surface area contributed by atoms with Crippen molar-refractivity contribution < 1.29 is 23.1 Å². The molecule has 0 spiro atoms. The number of pyridine rings is 1. The lowest BCUT2D eigenvalue weighted by atomic mass is 9.96. The molecule has 0 saturated carbocycles. The number of rotatable bonds is 2. The molecule has 3 aromatic rings. The Balaban J connectivity index is 2.46. The fourth-order valence-corrected chi connectivity index (χ4v) is 2.76. The van der Waals surface area contributed by atoms with E-state index in [0.29, 0.717) is 34.3 Å². The van der Waals surface area contributed by atoms with Crippen LogP contribution in [-0.4, -0.2) is 16.1 Å². The minimum absolute atomic E-state index is 0.0187. The van der Waals surface area contributed by atoms with Crippen molar-refractivity contribution in [3.8, 4) is 11.1 Å². The van der Waals surface area contributed by atoms with E-state index < -0.39 is 29.0 Å². The van der Waals surface area contributed by atoms with Gasteiger partial charge in [0.25, 0.3) is 0 Å². The zero-order valence-electron chi connectivity index (χ0n) is 12.8. The Morgan fingerprint density at radius 2 is 1.62 bits per heavy atom. The van der Waals surface area contributed by atoms with Gasteiger partial charge in [-0.3, -0.25) is 4.98 Å². The van der Waals surface area contributed by atoms with E-state index in [1.54, 1.807) is 13.8 Å². The highest BCUT2D eigenvalue weighted by atomic mass is 19.1. The lowest BCUT2D eigenvalue weighted by Gasteiger charge is -2.13. The molecule has 0 aliphatic heterocycles. The molecule has 1 N–H and O–H groups in total. The number of carboxylic acid groups (broad SMARTS) is 1. The van der Waals surface area contributed by atoms with Crippen LogP contribution in [0.3, 0.4) is 0 Å².